The molecular formula is C45H77NO7. The first-order chi connectivity index (χ1) is 24.9. The lowest BCUT2D eigenvalue weighted by molar-refractivity contribution is -0.267. The first-order valence-corrected chi connectivity index (χ1v) is 20.8. The highest BCUT2D eigenvalue weighted by Crippen LogP contribution is 2.46. The Morgan fingerprint density at radius 3 is 2.28 bits per heavy atom. The molecule has 0 aromatic rings. The van der Waals surface area contributed by atoms with E-state index in [2.05, 4.69) is 64.2 Å². The predicted molar refractivity (Wildman–Crippen MR) is 216 cm³/mol. The lowest BCUT2D eigenvalue weighted by Crippen LogP contribution is -2.71. The van der Waals surface area contributed by atoms with Crippen molar-refractivity contribution in [2.75, 3.05) is 0 Å². The zero-order valence-corrected chi connectivity index (χ0v) is 35.0. The molecule has 0 unspecified atom stereocenters. The van der Waals surface area contributed by atoms with Gasteiger partial charge in [-0.15, -0.1) is 0 Å². The summed E-state index contributed by atoms with van der Waals surface area (Å²) in [5, 5.41) is 47.1. The van der Waals surface area contributed by atoms with Gasteiger partial charge in [0.15, 0.2) is 0 Å². The van der Waals surface area contributed by atoms with Crippen molar-refractivity contribution in [1.82, 2.24) is 5.32 Å². The zero-order chi connectivity index (χ0) is 40.0. The number of hydrogen-bond donors (Lipinski definition) is 5. The van der Waals surface area contributed by atoms with E-state index in [0.717, 1.165) is 38.5 Å². The van der Waals surface area contributed by atoms with Crippen LogP contribution in [0.4, 0.5) is 0 Å². The van der Waals surface area contributed by atoms with Crippen LogP contribution in [-0.2, 0) is 14.3 Å². The number of rotatable bonds is 21. The highest BCUT2D eigenvalue weighted by atomic mass is 16.5. The van der Waals surface area contributed by atoms with Gasteiger partial charge < -0.3 is 35.3 Å². The minimum absolute atomic E-state index is 0.00418. The topological polar surface area (TPSA) is 136 Å². The third-order valence-corrected chi connectivity index (χ3v) is 12.9. The SMILES string of the molecule is CC[C@H]1C[C@H](C)[C@@]2(NC1=O)O[C@@H](C[C@H](O)[C@@H](C)CC/C=C/C=C(\C)[C@H](C/C=C/C=C/[C@H](O)[C@H](C)[C@@H](O)[C@H](CC)CCC(C)=O)C(C)C)[C@H](C)[C@H](O)[C@@H]2C. The Labute approximate surface area is 322 Å². The third-order valence-electron chi connectivity index (χ3n) is 12.9. The van der Waals surface area contributed by atoms with E-state index in [1.54, 1.807) is 13.0 Å². The van der Waals surface area contributed by atoms with Crippen LogP contribution in [-0.4, -0.2) is 68.4 Å². The molecule has 2 saturated heterocycles. The molecule has 8 heteroatoms. The number of aliphatic hydroxyl groups is 4. The molecule has 2 heterocycles. The number of aliphatic hydroxyl groups excluding tert-OH is 4. The van der Waals surface area contributed by atoms with Crippen molar-refractivity contribution in [2.24, 2.45) is 53.3 Å². The van der Waals surface area contributed by atoms with Crippen molar-refractivity contribution in [3.05, 3.63) is 48.1 Å². The molecule has 2 rings (SSSR count). The van der Waals surface area contributed by atoms with Gasteiger partial charge >= 0.3 is 0 Å². The van der Waals surface area contributed by atoms with Crippen molar-refractivity contribution in [2.45, 2.75) is 170 Å². The lowest BCUT2D eigenvalue weighted by atomic mass is 9.69. The molecule has 1 amide bonds. The van der Waals surface area contributed by atoms with E-state index in [1.807, 2.05) is 46.8 Å². The highest BCUT2D eigenvalue weighted by molar-refractivity contribution is 5.80. The number of ether oxygens (including phenoxy) is 1. The number of carbonyl (C=O) groups is 2. The van der Waals surface area contributed by atoms with Crippen molar-refractivity contribution in [1.29, 1.82) is 0 Å². The Hall–Kier alpha value is -2.10. The van der Waals surface area contributed by atoms with E-state index in [9.17, 15) is 30.0 Å². The fraction of sp³-hybridized carbons (Fsp3) is 0.778. The summed E-state index contributed by atoms with van der Waals surface area (Å²) in [6.45, 7) is 22.2. The molecule has 0 radical (unpaired) electrons. The van der Waals surface area contributed by atoms with E-state index >= 15 is 0 Å². The van der Waals surface area contributed by atoms with Crippen LogP contribution in [0.2, 0.25) is 0 Å². The number of ketones is 1. The van der Waals surface area contributed by atoms with Gasteiger partial charge in [0.1, 0.15) is 11.5 Å². The molecule has 0 bridgehead atoms. The summed E-state index contributed by atoms with van der Waals surface area (Å²) in [4.78, 5) is 24.3. The molecular weight excluding hydrogens is 666 g/mol. The minimum atomic E-state index is -0.918. The summed E-state index contributed by atoms with van der Waals surface area (Å²) in [7, 11) is 0. The first kappa shape index (κ1) is 47.1. The molecule has 0 aromatic carbocycles. The van der Waals surface area contributed by atoms with Crippen LogP contribution in [0.5, 0.6) is 0 Å². The monoisotopic (exact) mass is 744 g/mol. The van der Waals surface area contributed by atoms with Crippen molar-refractivity contribution >= 4 is 11.7 Å². The summed E-state index contributed by atoms with van der Waals surface area (Å²) in [6, 6.07) is 0. The molecule has 304 valence electrons. The van der Waals surface area contributed by atoms with Gasteiger partial charge in [-0.1, -0.05) is 117 Å². The number of Topliss-reactive ketones (excluding diaryl/α,β-unsaturated/α-hetero) is 1. The second-order valence-corrected chi connectivity index (χ2v) is 17.2. The molecule has 14 atom stereocenters. The number of carbonyl (C=O) groups excluding carboxylic acids is 2. The first-order valence-electron chi connectivity index (χ1n) is 20.8. The molecule has 1 spiro atoms. The fourth-order valence-corrected chi connectivity index (χ4v) is 8.58. The van der Waals surface area contributed by atoms with E-state index in [0.29, 0.717) is 31.1 Å². The Morgan fingerprint density at radius 2 is 1.68 bits per heavy atom. The molecule has 0 aromatic heterocycles. The molecule has 0 aliphatic carbocycles. The smallest absolute Gasteiger partial charge is 0.225 e. The predicted octanol–water partition coefficient (Wildman–Crippen LogP) is 8.09. The normalized spacial score (nSPS) is 31.2. The second kappa shape index (κ2) is 22.5. The van der Waals surface area contributed by atoms with Gasteiger partial charge in [0.05, 0.1) is 30.5 Å². The molecule has 2 aliphatic heterocycles. The second-order valence-electron chi connectivity index (χ2n) is 17.2. The molecule has 0 saturated carbocycles. The van der Waals surface area contributed by atoms with Crippen LogP contribution >= 0.6 is 0 Å². The van der Waals surface area contributed by atoms with Crippen LogP contribution in [0.3, 0.4) is 0 Å². The summed E-state index contributed by atoms with van der Waals surface area (Å²) in [5.74, 6) is 0.259. The summed E-state index contributed by atoms with van der Waals surface area (Å²) >= 11 is 0. The number of allylic oxidation sites excluding steroid dienone is 7. The van der Waals surface area contributed by atoms with E-state index in [4.69, 9.17) is 4.74 Å². The minimum Gasteiger partial charge on any atom is -0.393 e. The maximum atomic E-state index is 12.9. The van der Waals surface area contributed by atoms with Gasteiger partial charge in [-0.2, -0.15) is 0 Å². The zero-order valence-electron chi connectivity index (χ0n) is 35.0. The van der Waals surface area contributed by atoms with Crippen molar-refractivity contribution < 1.29 is 34.8 Å². The van der Waals surface area contributed by atoms with E-state index in [-0.39, 0.29) is 59.2 Å². The van der Waals surface area contributed by atoms with Crippen LogP contribution in [0, 0.1) is 53.3 Å². The third kappa shape index (κ3) is 13.3. The molecule has 5 N–H and O–H groups in total. The molecule has 2 aliphatic rings. The van der Waals surface area contributed by atoms with E-state index < -0.39 is 30.1 Å². The number of amides is 1. The van der Waals surface area contributed by atoms with Gasteiger partial charge in [-0.25, -0.2) is 0 Å². The van der Waals surface area contributed by atoms with Crippen LogP contribution in [0.1, 0.15) is 134 Å². The van der Waals surface area contributed by atoms with Crippen molar-refractivity contribution in [3.8, 4) is 0 Å². The Bertz CT molecular complexity index is 1240. The lowest BCUT2D eigenvalue weighted by Gasteiger charge is -2.56. The van der Waals surface area contributed by atoms with E-state index in [1.165, 1.54) is 5.57 Å². The van der Waals surface area contributed by atoms with Gasteiger partial charge in [-0.05, 0) is 76.0 Å². The summed E-state index contributed by atoms with van der Waals surface area (Å²) in [6.07, 6.45) is 17.4. The van der Waals surface area contributed by atoms with Crippen LogP contribution in [0.25, 0.3) is 0 Å². The van der Waals surface area contributed by atoms with Gasteiger partial charge in [0.2, 0.25) is 5.91 Å². The van der Waals surface area contributed by atoms with Gasteiger partial charge in [-0.3, -0.25) is 4.79 Å². The molecule has 53 heavy (non-hydrogen) atoms. The van der Waals surface area contributed by atoms with Crippen LogP contribution < -0.4 is 5.32 Å². The maximum Gasteiger partial charge on any atom is 0.225 e. The maximum absolute atomic E-state index is 12.9. The van der Waals surface area contributed by atoms with Gasteiger partial charge in [0.25, 0.3) is 0 Å². The van der Waals surface area contributed by atoms with Gasteiger partial charge in [0, 0.05) is 42.4 Å². The number of nitrogens with one attached hydrogen (secondary N) is 1. The fourth-order valence-electron chi connectivity index (χ4n) is 8.58. The Kier molecular flexibility index (Phi) is 19.9. The highest BCUT2D eigenvalue weighted by Gasteiger charge is 2.57. The quantitative estimate of drug-likeness (QED) is 0.0750. The molecule has 2 fully saturated rings. The molecule has 8 nitrogen and oxygen atoms in total. The number of piperidine rings is 1. The Morgan fingerprint density at radius 1 is 1.00 bits per heavy atom. The van der Waals surface area contributed by atoms with Crippen LogP contribution in [0.15, 0.2) is 48.1 Å². The largest absolute Gasteiger partial charge is 0.393 e. The average molecular weight is 744 g/mol. The number of hydrogen-bond acceptors (Lipinski definition) is 7. The summed E-state index contributed by atoms with van der Waals surface area (Å²) < 4.78 is 6.70. The average Bonchev–Trinajstić information content (AvgIpc) is 3.11. The standard InChI is InChI=1S/C45H77NO7/c1-12-36(25-24-32(8)47)43(51)33(9)39(48)23-19-15-18-22-38(28(3)4)29(5)20-16-14-17-21-30(6)40(49)27-41-34(10)42(50)35(11)45(53-41)31(7)26-37(13-2)44(52)46-45/h14-16,18-20,23,28,30-31,33-43,48-51H,12-13,17,21-22,24-27H2,1-11H3,(H,46,52)/b16-14+,18-15+,23-19+,29-20+/t30-,31-,33-,34-,35-,36+,37-,38+,39-,40-,41-,42-,43+,45+/m0/s1. The van der Waals surface area contributed by atoms with Crippen molar-refractivity contribution in [3.63, 3.8) is 0 Å². The Balaban J connectivity index is 1.89. The summed E-state index contributed by atoms with van der Waals surface area (Å²) in [5.41, 5.74) is 0.378.